The van der Waals surface area contributed by atoms with Crippen LogP contribution >= 0.6 is 0 Å². The van der Waals surface area contributed by atoms with E-state index >= 15 is 0 Å². The van der Waals surface area contributed by atoms with Crippen LogP contribution in [0.15, 0.2) is 0 Å². The highest BCUT2D eigenvalue weighted by molar-refractivity contribution is 5.02. The maximum absolute atomic E-state index is 10.5. The minimum atomic E-state index is -0.448. The second kappa shape index (κ2) is 5.08. The number of hydrogen-bond acceptors (Lipinski definition) is 4. The van der Waals surface area contributed by atoms with Gasteiger partial charge in [0, 0.05) is 32.2 Å². The summed E-state index contributed by atoms with van der Waals surface area (Å²) in [5.41, 5.74) is -0.716. The molecule has 0 aromatic heterocycles. The van der Waals surface area contributed by atoms with E-state index < -0.39 is 11.7 Å². The molecule has 2 heterocycles. The van der Waals surface area contributed by atoms with Gasteiger partial charge >= 0.3 is 0 Å². The van der Waals surface area contributed by atoms with Crippen LogP contribution in [0.5, 0.6) is 0 Å². The second-order valence-corrected chi connectivity index (χ2v) is 6.63. The SMILES string of the molecule is CC1(C)OC(C)(C)C(CN2CCCOCC2)C1O. The van der Waals surface area contributed by atoms with Gasteiger partial charge < -0.3 is 19.5 Å². The molecule has 4 heteroatoms. The molecule has 4 nitrogen and oxygen atoms in total. The Hall–Kier alpha value is -0.160. The fourth-order valence-corrected chi connectivity index (χ4v) is 3.26. The Morgan fingerprint density at radius 2 is 1.83 bits per heavy atom. The lowest BCUT2D eigenvalue weighted by Gasteiger charge is -2.31. The van der Waals surface area contributed by atoms with E-state index in [-0.39, 0.29) is 11.5 Å². The first-order valence-electron chi connectivity index (χ1n) is 7.01. The van der Waals surface area contributed by atoms with Crippen molar-refractivity contribution in [3.05, 3.63) is 0 Å². The normalized spacial score (nSPS) is 36.5. The van der Waals surface area contributed by atoms with Gasteiger partial charge in [-0.3, -0.25) is 0 Å². The highest BCUT2D eigenvalue weighted by atomic mass is 16.5. The number of ether oxygens (including phenoxy) is 2. The molecule has 2 rings (SSSR count). The first-order valence-corrected chi connectivity index (χ1v) is 7.01. The Balaban J connectivity index is 2.02. The smallest absolute Gasteiger partial charge is 0.0896 e. The lowest BCUT2D eigenvalue weighted by molar-refractivity contribution is -0.0913. The van der Waals surface area contributed by atoms with Crippen molar-refractivity contribution in [3.63, 3.8) is 0 Å². The van der Waals surface area contributed by atoms with Crippen molar-refractivity contribution in [2.45, 2.75) is 51.4 Å². The van der Waals surface area contributed by atoms with Gasteiger partial charge in [-0.25, -0.2) is 0 Å². The fourth-order valence-electron chi connectivity index (χ4n) is 3.26. The van der Waals surface area contributed by atoms with E-state index in [9.17, 15) is 5.11 Å². The van der Waals surface area contributed by atoms with E-state index in [0.29, 0.717) is 0 Å². The Bertz CT molecular complexity index is 283. The van der Waals surface area contributed by atoms with E-state index in [1.54, 1.807) is 0 Å². The molecule has 0 amide bonds. The van der Waals surface area contributed by atoms with Gasteiger partial charge in [-0.2, -0.15) is 0 Å². The largest absolute Gasteiger partial charge is 0.390 e. The van der Waals surface area contributed by atoms with E-state index in [0.717, 1.165) is 39.3 Å². The summed E-state index contributed by atoms with van der Waals surface area (Å²) in [7, 11) is 0. The number of aliphatic hydroxyl groups is 1. The van der Waals surface area contributed by atoms with Crippen molar-refractivity contribution in [2.75, 3.05) is 32.8 Å². The summed E-state index contributed by atoms with van der Waals surface area (Å²) >= 11 is 0. The highest BCUT2D eigenvalue weighted by Crippen LogP contribution is 2.42. The predicted molar refractivity (Wildman–Crippen MR) is 70.6 cm³/mol. The van der Waals surface area contributed by atoms with E-state index in [4.69, 9.17) is 9.47 Å². The van der Waals surface area contributed by atoms with Crippen molar-refractivity contribution in [1.29, 1.82) is 0 Å². The zero-order valence-corrected chi connectivity index (χ0v) is 12.1. The summed E-state index contributed by atoms with van der Waals surface area (Å²) in [5.74, 6) is 0.158. The second-order valence-electron chi connectivity index (χ2n) is 6.63. The molecule has 0 bridgehead atoms. The topological polar surface area (TPSA) is 41.9 Å². The van der Waals surface area contributed by atoms with Crippen LogP contribution < -0.4 is 0 Å². The summed E-state index contributed by atoms with van der Waals surface area (Å²) < 4.78 is 11.5. The van der Waals surface area contributed by atoms with Gasteiger partial charge in [0.25, 0.3) is 0 Å². The van der Waals surface area contributed by atoms with Crippen molar-refractivity contribution in [2.24, 2.45) is 5.92 Å². The summed E-state index contributed by atoms with van der Waals surface area (Å²) in [6, 6.07) is 0. The molecule has 0 aromatic carbocycles. The van der Waals surface area contributed by atoms with Gasteiger partial charge in [0.05, 0.1) is 23.9 Å². The van der Waals surface area contributed by atoms with Gasteiger partial charge in [0.1, 0.15) is 0 Å². The molecular weight excluding hydrogens is 230 g/mol. The van der Waals surface area contributed by atoms with Crippen molar-refractivity contribution in [3.8, 4) is 0 Å². The van der Waals surface area contributed by atoms with Gasteiger partial charge in [-0.15, -0.1) is 0 Å². The third-order valence-corrected chi connectivity index (χ3v) is 4.28. The Morgan fingerprint density at radius 1 is 1.11 bits per heavy atom. The summed E-state index contributed by atoms with van der Waals surface area (Å²) in [6.45, 7) is 12.7. The van der Waals surface area contributed by atoms with Gasteiger partial charge in [0.15, 0.2) is 0 Å². The quantitative estimate of drug-likeness (QED) is 0.809. The van der Waals surface area contributed by atoms with Gasteiger partial charge in [-0.1, -0.05) is 0 Å². The molecule has 0 aromatic rings. The maximum atomic E-state index is 10.5. The van der Waals surface area contributed by atoms with Crippen molar-refractivity contribution >= 4 is 0 Å². The maximum Gasteiger partial charge on any atom is 0.0896 e. The number of nitrogens with zero attached hydrogens (tertiary/aromatic N) is 1. The molecule has 1 N–H and O–H groups in total. The summed E-state index contributed by atoms with van der Waals surface area (Å²) in [5, 5.41) is 10.5. The van der Waals surface area contributed by atoms with E-state index in [2.05, 4.69) is 18.7 Å². The minimum absolute atomic E-state index is 0.158. The predicted octanol–water partition coefficient (Wildman–Crippen LogP) is 1.27. The van der Waals surface area contributed by atoms with Crippen LogP contribution in [-0.2, 0) is 9.47 Å². The zero-order chi connectivity index (χ0) is 13.4. The van der Waals surface area contributed by atoms with E-state index in [1.807, 2.05) is 13.8 Å². The molecule has 2 unspecified atom stereocenters. The van der Waals surface area contributed by atoms with Crippen LogP contribution in [-0.4, -0.2) is 60.2 Å². The van der Waals surface area contributed by atoms with Crippen LogP contribution in [0.25, 0.3) is 0 Å². The van der Waals surface area contributed by atoms with Crippen LogP contribution in [0.2, 0.25) is 0 Å². The molecule has 0 radical (unpaired) electrons. The molecule has 106 valence electrons. The molecule has 18 heavy (non-hydrogen) atoms. The molecule has 2 saturated heterocycles. The minimum Gasteiger partial charge on any atom is -0.390 e. The molecule has 2 atom stereocenters. The van der Waals surface area contributed by atoms with Crippen LogP contribution in [0.3, 0.4) is 0 Å². The first kappa shape index (κ1) is 14.3. The Morgan fingerprint density at radius 3 is 2.44 bits per heavy atom. The lowest BCUT2D eigenvalue weighted by atomic mass is 9.84. The molecule has 2 fully saturated rings. The third kappa shape index (κ3) is 2.87. The monoisotopic (exact) mass is 257 g/mol. The first-order chi connectivity index (χ1) is 8.33. The summed E-state index contributed by atoms with van der Waals surface area (Å²) in [6.07, 6.45) is 0.671. The number of hydrogen-bond donors (Lipinski definition) is 1. The Kier molecular flexibility index (Phi) is 4.02. The molecule has 2 aliphatic rings. The number of aliphatic hydroxyl groups excluding tert-OH is 1. The molecule has 2 aliphatic heterocycles. The van der Waals surface area contributed by atoms with Crippen LogP contribution in [0, 0.1) is 5.92 Å². The highest BCUT2D eigenvalue weighted by Gasteiger charge is 2.53. The lowest BCUT2D eigenvalue weighted by Crippen LogP contribution is -2.44. The molecule has 0 saturated carbocycles. The average Bonchev–Trinajstić information content (AvgIpc) is 2.49. The number of rotatable bonds is 2. The van der Waals surface area contributed by atoms with Crippen LogP contribution in [0.1, 0.15) is 34.1 Å². The molecule has 0 spiro atoms. The molecule has 0 aliphatic carbocycles. The molecular formula is C14H27NO3. The van der Waals surface area contributed by atoms with Gasteiger partial charge in [0.2, 0.25) is 0 Å². The Labute approximate surface area is 110 Å². The van der Waals surface area contributed by atoms with Crippen LogP contribution in [0.4, 0.5) is 0 Å². The van der Waals surface area contributed by atoms with E-state index in [1.165, 1.54) is 0 Å². The zero-order valence-electron chi connectivity index (χ0n) is 12.1. The standard InChI is InChI=1S/C14H27NO3/c1-13(2)11(12(16)14(3,4)18-13)10-15-6-5-8-17-9-7-15/h11-12,16H,5-10H2,1-4H3. The average molecular weight is 257 g/mol. The summed E-state index contributed by atoms with van der Waals surface area (Å²) in [4.78, 5) is 2.40. The van der Waals surface area contributed by atoms with Crippen molar-refractivity contribution in [1.82, 2.24) is 4.90 Å². The van der Waals surface area contributed by atoms with Crippen molar-refractivity contribution < 1.29 is 14.6 Å². The van der Waals surface area contributed by atoms with Gasteiger partial charge in [-0.05, 0) is 34.1 Å². The fraction of sp³-hybridized carbons (Fsp3) is 1.00. The third-order valence-electron chi connectivity index (χ3n) is 4.28.